The molecule has 0 bridgehead atoms. The van der Waals surface area contributed by atoms with E-state index in [0.717, 1.165) is 48.0 Å². The van der Waals surface area contributed by atoms with Crippen molar-refractivity contribution in [3.63, 3.8) is 0 Å². The number of carboxylic acids is 2. The van der Waals surface area contributed by atoms with Crippen molar-refractivity contribution in [2.75, 3.05) is 0 Å². The molecule has 2 rings (SSSR count). The Hall–Kier alpha value is -3.27. The zero-order valence-electron chi connectivity index (χ0n) is 18.9. The number of rotatable bonds is 10. The van der Waals surface area contributed by atoms with E-state index in [9.17, 15) is 24.6 Å². The molecule has 2 heterocycles. The first-order valence-corrected chi connectivity index (χ1v) is 11.0. The second kappa shape index (κ2) is 11.4. The lowest BCUT2D eigenvalue weighted by Crippen LogP contribution is -2.45. The molecule has 2 aliphatic heterocycles. The summed E-state index contributed by atoms with van der Waals surface area (Å²) in [6.07, 6.45) is 6.97. The Labute approximate surface area is 189 Å². The van der Waals surface area contributed by atoms with Crippen molar-refractivity contribution in [3.05, 3.63) is 59.3 Å². The number of carboxylic acid groups (broad SMARTS) is 2. The Bertz CT molecular complexity index is 858. The molecule has 0 saturated heterocycles. The summed E-state index contributed by atoms with van der Waals surface area (Å²) in [6, 6.07) is -1.53. The monoisotopic (exact) mass is 440 g/mol. The molecule has 0 aromatic carbocycles. The normalized spacial score (nSPS) is 19.7. The summed E-state index contributed by atoms with van der Waals surface area (Å²) in [7, 11) is 0. The van der Waals surface area contributed by atoms with Gasteiger partial charge in [-0.1, -0.05) is 39.8 Å². The average Bonchev–Trinajstić information content (AvgIpc) is 3.33. The fourth-order valence-corrected chi connectivity index (χ4v) is 4.28. The number of nitrogens with zero attached hydrogens (tertiary/aromatic N) is 2. The fourth-order valence-electron chi connectivity index (χ4n) is 4.28. The molecule has 0 aromatic heterocycles. The number of aliphatic carboxylic acids is 2. The number of urea groups is 1. The van der Waals surface area contributed by atoms with Crippen molar-refractivity contribution in [2.45, 2.75) is 77.3 Å². The quantitative estimate of drug-likeness (QED) is 0.466. The zero-order chi connectivity index (χ0) is 23.8. The van der Waals surface area contributed by atoms with Gasteiger partial charge in [-0.2, -0.15) is 0 Å². The molecule has 2 amide bonds. The van der Waals surface area contributed by atoms with E-state index in [1.165, 1.54) is 9.80 Å². The summed E-state index contributed by atoms with van der Waals surface area (Å²) < 4.78 is 0. The number of hydrogen-bond donors (Lipinski definition) is 2. The van der Waals surface area contributed by atoms with Crippen LogP contribution in [0, 0.1) is 0 Å². The van der Waals surface area contributed by atoms with E-state index in [1.54, 1.807) is 12.4 Å². The molecule has 0 aromatic rings. The number of amides is 2. The van der Waals surface area contributed by atoms with Crippen molar-refractivity contribution in [3.8, 4) is 0 Å². The highest BCUT2D eigenvalue weighted by Crippen LogP contribution is 2.35. The van der Waals surface area contributed by atoms with Crippen LogP contribution in [0.3, 0.4) is 0 Å². The second-order valence-electron chi connectivity index (χ2n) is 8.13. The van der Waals surface area contributed by atoms with Crippen LogP contribution in [0.15, 0.2) is 59.3 Å². The van der Waals surface area contributed by atoms with Crippen LogP contribution in [0.5, 0.6) is 0 Å². The third-order valence-electron chi connectivity index (χ3n) is 5.75. The van der Waals surface area contributed by atoms with E-state index < -0.39 is 30.1 Å². The van der Waals surface area contributed by atoms with Crippen LogP contribution in [0.2, 0.25) is 0 Å². The molecule has 0 fully saturated rings. The highest BCUT2D eigenvalue weighted by Gasteiger charge is 2.39. The van der Waals surface area contributed by atoms with Gasteiger partial charge >= 0.3 is 18.0 Å². The first kappa shape index (κ1) is 25.0. The smallest absolute Gasteiger partial charge is 0.328 e. The van der Waals surface area contributed by atoms with Crippen LogP contribution in [0.25, 0.3) is 0 Å². The van der Waals surface area contributed by atoms with Gasteiger partial charge in [0, 0.05) is 12.4 Å². The van der Waals surface area contributed by atoms with Crippen LogP contribution in [0.4, 0.5) is 4.79 Å². The standard InChI is InChI=1S/C25H32N2O5/c1-5-9-17(7-3)19-11-21(13-23(28)29)26(15-19)25(32)27-16-20(18(8-4)10-6-2)12-22(27)14-24(30)31/h15-16,21-22H,3-6,9-14H2,1-2H3,(H,28,29)(H,30,31)/t21-,22-/m0/s1. The lowest BCUT2D eigenvalue weighted by molar-refractivity contribution is -0.138. The van der Waals surface area contributed by atoms with Gasteiger partial charge in [0.25, 0.3) is 0 Å². The largest absolute Gasteiger partial charge is 0.481 e. The van der Waals surface area contributed by atoms with Crippen LogP contribution in [-0.4, -0.2) is 50.1 Å². The Morgan fingerprint density at radius 1 is 0.875 bits per heavy atom. The van der Waals surface area contributed by atoms with Crippen molar-refractivity contribution in [1.82, 2.24) is 9.80 Å². The SMILES string of the molecule is C=C=C(CCC)C1=CN(C(=O)N2C=C(C(=C=C)CCC)C[C@H]2CC(=O)O)[C@H](CC(=O)O)C1. The molecule has 7 nitrogen and oxygen atoms in total. The Kier molecular flexibility index (Phi) is 8.89. The first-order valence-electron chi connectivity index (χ1n) is 11.0. The number of hydrogen-bond acceptors (Lipinski definition) is 3. The molecular weight excluding hydrogens is 408 g/mol. The van der Waals surface area contributed by atoms with Crippen molar-refractivity contribution in [2.24, 2.45) is 0 Å². The van der Waals surface area contributed by atoms with Crippen LogP contribution in [-0.2, 0) is 9.59 Å². The van der Waals surface area contributed by atoms with E-state index in [-0.39, 0.29) is 12.8 Å². The molecule has 32 heavy (non-hydrogen) atoms. The van der Waals surface area contributed by atoms with E-state index in [4.69, 9.17) is 0 Å². The van der Waals surface area contributed by atoms with Gasteiger partial charge in [0.05, 0.1) is 24.9 Å². The second-order valence-corrected chi connectivity index (χ2v) is 8.13. The summed E-state index contributed by atoms with van der Waals surface area (Å²) >= 11 is 0. The average molecular weight is 441 g/mol. The highest BCUT2D eigenvalue weighted by molar-refractivity contribution is 5.81. The van der Waals surface area contributed by atoms with E-state index >= 15 is 0 Å². The summed E-state index contributed by atoms with van der Waals surface area (Å²) in [5.41, 5.74) is 9.27. The molecule has 7 heteroatoms. The van der Waals surface area contributed by atoms with Gasteiger partial charge in [-0.3, -0.25) is 19.4 Å². The van der Waals surface area contributed by atoms with Gasteiger partial charge in [-0.05, 0) is 48.0 Å². The maximum atomic E-state index is 13.5. The fraction of sp³-hybridized carbons (Fsp3) is 0.480. The predicted molar refractivity (Wildman–Crippen MR) is 122 cm³/mol. The van der Waals surface area contributed by atoms with Crippen LogP contribution in [0.1, 0.15) is 65.2 Å². The maximum absolute atomic E-state index is 13.5. The zero-order valence-corrected chi connectivity index (χ0v) is 18.9. The van der Waals surface area contributed by atoms with Crippen molar-refractivity contribution < 1.29 is 24.6 Å². The van der Waals surface area contributed by atoms with E-state index in [0.29, 0.717) is 12.8 Å². The van der Waals surface area contributed by atoms with E-state index in [1.807, 2.05) is 13.8 Å². The van der Waals surface area contributed by atoms with Crippen LogP contribution >= 0.6 is 0 Å². The minimum atomic E-state index is -0.998. The number of carbonyl (C=O) groups excluding carboxylic acids is 1. The minimum absolute atomic E-state index is 0.204. The molecular formula is C25H32N2O5. The maximum Gasteiger partial charge on any atom is 0.328 e. The molecule has 0 spiro atoms. The molecule has 2 N–H and O–H groups in total. The summed E-state index contributed by atoms with van der Waals surface area (Å²) in [5.74, 6) is -2.00. The summed E-state index contributed by atoms with van der Waals surface area (Å²) in [5, 5.41) is 18.8. The third-order valence-corrected chi connectivity index (χ3v) is 5.75. The molecule has 0 radical (unpaired) electrons. The molecule has 172 valence electrons. The minimum Gasteiger partial charge on any atom is -0.481 e. The van der Waals surface area contributed by atoms with Crippen LogP contribution < -0.4 is 0 Å². The van der Waals surface area contributed by atoms with Crippen molar-refractivity contribution >= 4 is 18.0 Å². The van der Waals surface area contributed by atoms with Crippen molar-refractivity contribution in [1.29, 1.82) is 0 Å². The highest BCUT2D eigenvalue weighted by atomic mass is 16.4. The lowest BCUT2D eigenvalue weighted by atomic mass is 9.98. The summed E-state index contributed by atoms with van der Waals surface area (Å²) in [6.45, 7) is 11.5. The lowest BCUT2D eigenvalue weighted by Gasteiger charge is -2.30. The van der Waals surface area contributed by atoms with E-state index in [2.05, 4.69) is 24.6 Å². The van der Waals surface area contributed by atoms with Gasteiger partial charge in [-0.15, -0.1) is 11.5 Å². The molecule has 0 unspecified atom stereocenters. The first-order chi connectivity index (χ1) is 15.2. The summed E-state index contributed by atoms with van der Waals surface area (Å²) in [4.78, 5) is 39.3. The number of carbonyl (C=O) groups is 3. The predicted octanol–water partition coefficient (Wildman–Crippen LogP) is 5.00. The Morgan fingerprint density at radius 3 is 1.53 bits per heavy atom. The molecule has 0 aliphatic carbocycles. The molecule has 0 saturated carbocycles. The number of allylic oxidation sites excluding steroid dienone is 2. The van der Waals surface area contributed by atoms with Gasteiger partial charge < -0.3 is 10.2 Å². The van der Waals surface area contributed by atoms with Gasteiger partial charge in [0.15, 0.2) is 0 Å². The third kappa shape index (κ3) is 5.91. The topological polar surface area (TPSA) is 98.2 Å². The Morgan fingerprint density at radius 2 is 1.25 bits per heavy atom. The van der Waals surface area contributed by atoms with Gasteiger partial charge in [0.2, 0.25) is 0 Å². The molecule has 2 atom stereocenters. The van der Waals surface area contributed by atoms with Gasteiger partial charge in [-0.25, -0.2) is 4.79 Å². The molecule has 2 aliphatic rings. The Balaban J connectivity index is 2.42. The van der Waals surface area contributed by atoms with Gasteiger partial charge in [0.1, 0.15) is 0 Å².